The molecule has 0 saturated heterocycles. The van der Waals surface area contributed by atoms with Gasteiger partial charge in [0.2, 0.25) is 0 Å². The highest BCUT2D eigenvalue weighted by Crippen LogP contribution is 2.10. The summed E-state index contributed by atoms with van der Waals surface area (Å²) in [7, 11) is 0. The van der Waals surface area contributed by atoms with Gasteiger partial charge in [0.25, 0.3) is 0 Å². The van der Waals surface area contributed by atoms with Gasteiger partial charge in [0, 0.05) is 43.5 Å². The van der Waals surface area contributed by atoms with E-state index in [0.717, 1.165) is 57.0 Å². The number of nitrogens with zero attached hydrogens (tertiary/aromatic N) is 2. The quantitative estimate of drug-likeness (QED) is 0.420. The molecule has 0 aliphatic carbocycles. The molecular weight excluding hydrogens is 308 g/mol. The van der Waals surface area contributed by atoms with Crippen LogP contribution in [0.25, 0.3) is 0 Å². The van der Waals surface area contributed by atoms with Crippen LogP contribution in [0.4, 0.5) is 0 Å². The first-order valence-electron chi connectivity index (χ1n) is 8.24. The molecule has 0 aromatic carbocycles. The lowest BCUT2D eigenvalue weighted by molar-refractivity contribution is 0.506. The van der Waals surface area contributed by atoms with Gasteiger partial charge in [-0.05, 0) is 25.5 Å². The van der Waals surface area contributed by atoms with Crippen LogP contribution in [0, 0.1) is 6.92 Å². The number of thiazole rings is 1. The lowest BCUT2D eigenvalue weighted by atomic mass is 10.3. The van der Waals surface area contributed by atoms with Crippen LogP contribution >= 0.6 is 11.3 Å². The molecule has 0 radical (unpaired) electrons. The average molecular weight is 334 g/mol. The third-order valence-corrected chi connectivity index (χ3v) is 4.30. The summed E-state index contributed by atoms with van der Waals surface area (Å²) in [6, 6.07) is 3.91. The van der Waals surface area contributed by atoms with Crippen molar-refractivity contribution in [2.45, 2.75) is 39.5 Å². The monoisotopic (exact) mass is 334 g/mol. The summed E-state index contributed by atoms with van der Waals surface area (Å²) in [6.45, 7) is 6.76. The Hall–Kier alpha value is -1.82. The van der Waals surface area contributed by atoms with E-state index in [4.69, 9.17) is 4.42 Å². The minimum absolute atomic E-state index is 0.807. The molecule has 0 fully saturated rings. The fraction of sp³-hybridized carbons (Fsp3) is 0.529. The van der Waals surface area contributed by atoms with Crippen molar-refractivity contribution in [3.05, 3.63) is 40.2 Å². The number of aromatic nitrogens is 1. The summed E-state index contributed by atoms with van der Waals surface area (Å²) in [5.74, 6) is 1.86. The molecule has 0 spiro atoms. The summed E-state index contributed by atoms with van der Waals surface area (Å²) in [4.78, 5) is 10.3. The third kappa shape index (κ3) is 6.86. The molecule has 0 bridgehead atoms. The van der Waals surface area contributed by atoms with Crippen molar-refractivity contribution in [1.29, 1.82) is 0 Å². The first-order valence-corrected chi connectivity index (χ1v) is 9.05. The second-order valence-electron chi connectivity index (χ2n) is 5.38. The molecule has 23 heavy (non-hydrogen) atoms. The smallest absolute Gasteiger partial charge is 0.191 e. The topological polar surface area (TPSA) is 62.5 Å². The van der Waals surface area contributed by atoms with Crippen molar-refractivity contribution in [1.82, 2.24) is 15.6 Å². The number of rotatable bonds is 9. The number of furan rings is 1. The van der Waals surface area contributed by atoms with Crippen LogP contribution in [0.15, 0.2) is 34.0 Å². The highest BCUT2D eigenvalue weighted by molar-refractivity contribution is 7.11. The van der Waals surface area contributed by atoms with Crippen LogP contribution < -0.4 is 10.6 Å². The maximum atomic E-state index is 5.35. The predicted octanol–water partition coefficient (Wildman–Crippen LogP) is 3.17. The normalized spacial score (nSPS) is 11.7. The van der Waals surface area contributed by atoms with Gasteiger partial charge in [-0.3, -0.25) is 4.99 Å². The first-order chi connectivity index (χ1) is 11.3. The van der Waals surface area contributed by atoms with E-state index in [-0.39, 0.29) is 0 Å². The fourth-order valence-corrected chi connectivity index (χ4v) is 2.87. The molecule has 2 aromatic heterocycles. The standard InChI is InChI=1S/C17H26N4OS/c1-3-4-9-18-17(19-10-7-15-6-5-12-22-15)20-11-8-16-21-13-14(2)23-16/h5-6,12-13H,3-4,7-11H2,1-2H3,(H2,18,19,20). The second-order valence-corrected chi connectivity index (χ2v) is 6.70. The highest BCUT2D eigenvalue weighted by atomic mass is 32.1. The van der Waals surface area contributed by atoms with Gasteiger partial charge in [0.15, 0.2) is 5.96 Å². The zero-order valence-corrected chi connectivity index (χ0v) is 14.8. The number of guanidine groups is 1. The van der Waals surface area contributed by atoms with Crippen LogP contribution in [-0.2, 0) is 12.8 Å². The zero-order valence-electron chi connectivity index (χ0n) is 14.0. The van der Waals surface area contributed by atoms with Gasteiger partial charge in [-0.25, -0.2) is 4.98 Å². The minimum Gasteiger partial charge on any atom is -0.469 e. The Morgan fingerprint density at radius 1 is 1.30 bits per heavy atom. The molecule has 0 aliphatic heterocycles. The van der Waals surface area contributed by atoms with E-state index >= 15 is 0 Å². The van der Waals surface area contributed by atoms with Gasteiger partial charge in [-0.1, -0.05) is 13.3 Å². The Balaban J connectivity index is 1.74. The number of aliphatic imine (C=N–C) groups is 1. The van der Waals surface area contributed by atoms with Crippen molar-refractivity contribution in [2.24, 2.45) is 4.99 Å². The first kappa shape index (κ1) is 17.5. The molecule has 2 aromatic rings. The Kier molecular flexibility index (Phi) is 7.66. The summed E-state index contributed by atoms with van der Waals surface area (Å²) in [5.41, 5.74) is 0. The largest absolute Gasteiger partial charge is 0.469 e. The van der Waals surface area contributed by atoms with E-state index in [9.17, 15) is 0 Å². The van der Waals surface area contributed by atoms with Gasteiger partial charge < -0.3 is 15.1 Å². The van der Waals surface area contributed by atoms with E-state index in [1.54, 1.807) is 17.6 Å². The molecule has 0 saturated carbocycles. The third-order valence-electron chi connectivity index (χ3n) is 3.33. The number of hydrogen-bond donors (Lipinski definition) is 2. The molecule has 0 unspecified atom stereocenters. The summed E-state index contributed by atoms with van der Waals surface area (Å²) >= 11 is 1.75. The average Bonchev–Trinajstić information content (AvgIpc) is 3.19. The summed E-state index contributed by atoms with van der Waals surface area (Å²) in [6.07, 6.45) is 7.67. The molecular formula is C17H26N4OS. The Morgan fingerprint density at radius 2 is 2.13 bits per heavy atom. The van der Waals surface area contributed by atoms with Gasteiger partial charge in [0.05, 0.1) is 11.3 Å². The number of hydrogen-bond acceptors (Lipinski definition) is 4. The number of unbranched alkanes of at least 4 members (excludes halogenated alkanes) is 1. The van der Waals surface area contributed by atoms with Gasteiger partial charge in [0.1, 0.15) is 5.76 Å². The van der Waals surface area contributed by atoms with Crippen LogP contribution in [0.2, 0.25) is 0 Å². The van der Waals surface area contributed by atoms with E-state index < -0.39 is 0 Å². The summed E-state index contributed by atoms with van der Waals surface area (Å²) < 4.78 is 5.35. The predicted molar refractivity (Wildman–Crippen MR) is 96.2 cm³/mol. The van der Waals surface area contributed by atoms with Gasteiger partial charge in [-0.15, -0.1) is 11.3 Å². The summed E-state index contributed by atoms with van der Waals surface area (Å²) in [5, 5.41) is 7.93. The molecule has 2 N–H and O–H groups in total. The Bertz CT molecular complexity index is 577. The lowest BCUT2D eigenvalue weighted by Crippen LogP contribution is -2.39. The molecule has 0 atom stereocenters. The molecule has 5 nitrogen and oxygen atoms in total. The maximum Gasteiger partial charge on any atom is 0.191 e. The molecule has 2 rings (SSSR count). The van der Waals surface area contributed by atoms with Crippen molar-refractivity contribution >= 4 is 17.3 Å². The van der Waals surface area contributed by atoms with Crippen LogP contribution in [-0.4, -0.2) is 30.6 Å². The number of nitrogens with one attached hydrogen (secondary N) is 2. The van der Waals surface area contributed by atoms with E-state index in [0.29, 0.717) is 0 Å². The SMILES string of the molecule is CCCCN=C(NCCc1ccco1)NCCc1ncc(C)s1. The maximum absolute atomic E-state index is 5.35. The fourth-order valence-electron chi connectivity index (χ4n) is 2.09. The van der Waals surface area contributed by atoms with Crippen molar-refractivity contribution in [3.8, 4) is 0 Å². The second kappa shape index (κ2) is 10.0. The Labute approximate surface area is 142 Å². The molecule has 126 valence electrons. The lowest BCUT2D eigenvalue weighted by Gasteiger charge is -2.11. The molecule has 0 amide bonds. The van der Waals surface area contributed by atoms with Crippen molar-refractivity contribution in [2.75, 3.05) is 19.6 Å². The minimum atomic E-state index is 0.807. The van der Waals surface area contributed by atoms with Crippen molar-refractivity contribution < 1.29 is 4.42 Å². The van der Waals surface area contributed by atoms with E-state index in [1.165, 1.54) is 9.88 Å². The van der Waals surface area contributed by atoms with E-state index in [1.807, 2.05) is 18.3 Å². The van der Waals surface area contributed by atoms with E-state index in [2.05, 4.69) is 34.5 Å². The Morgan fingerprint density at radius 3 is 2.78 bits per heavy atom. The number of aryl methyl sites for hydroxylation is 1. The van der Waals surface area contributed by atoms with Crippen LogP contribution in [0.3, 0.4) is 0 Å². The van der Waals surface area contributed by atoms with Gasteiger partial charge >= 0.3 is 0 Å². The van der Waals surface area contributed by atoms with Crippen LogP contribution in [0.5, 0.6) is 0 Å². The van der Waals surface area contributed by atoms with Crippen molar-refractivity contribution in [3.63, 3.8) is 0 Å². The van der Waals surface area contributed by atoms with Crippen LogP contribution in [0.1, 0.15) is 35.4 Å². The molecule has 6 heteroatoms. The highest BCUT2D eigenvalue weighted by Gasteiger charge is 2.02. The van der Waals surface area contributed by atoms with Gasteiger partial charge in [-0.2, -0.15) is 0 Å². The molecule has 0 aliphatic rings. The molecule has 2 heterocycles. The zero-order chi connectivity index (χ0) is 16.3.